The van der Waals surface area contributed by atoms with Gasteiger partial charge >= 0.3 is 5.97 Å². The Hall–Kier alpha value is -2.80. The third-order valence-electron chi connectivity index (χ3n) is 4.41. The third-order valence-corrected chi connectivity index (χ3v) is 5.15. The van der Waals surface area contributed by atoms with E-state index in [0.717, 1.165) is 4.90 Å². The van der Waals surface area contributed by atoms with E-state index in [1.54, 1.807) is 62.0 Å². The van der Waals surface area contributed by atoms with Crippen molar-refractivity contribution in [2.24, 2.45) is 0 Å². The highest BCUT2D eigenvalue weighted by Crippen LogP contribution is 2.36. The van der Waals surface area contributed by atoms with Crippen LogP contribution in [0.1, 0.15) is 24.2 Å². The van der Waals surface area contributed by atoms with Crippen molar-refractivity contribution < 1.29 is 19.1 Å². The van der Waals surface area contributed by atoms with E-state index in [1.165, 1.54) is 4.90 Å². The number of thioether (sulfide) groups is 1. The molecule has 3 rings (SSSR count). The standard InChI is InChI=1S/C20H20N2O4S/c1-20(2)19(25)21-15-6-4-5-7-16(15)22(20)17(23)12-26-18(24)13-8-10-14(27-3)11-9-13/h4-11H,12H2,1-3H3,(H,21,25). The van der Waals surface area contributed by atoms with Crippen LogP contribution >= 0.6 is 11.8 Å². The highest BCUT2D eigenvalue weighted by molar-refractivity contribution is 7.98. The number of carbonyl (C=O) groups is 3. The first-order chi connectivity index (χ1) is 12.8. The summed E-state index contributed by atoms with van der Waals surface area (Å²) in [6.07, 6.45) is 1.94. The molecule has 2 aromatic rings. The van der Waals surface area contributed by atoms with E-state index in [9.17, 15) is 14.4 Å². The third kappa shape index (κ3) is 3.68. The van der Waals surface area contributed by atoms with Gasteiger partial charge in [0.25, 0.3) is 5.91 Å². The summed E-state index contributed by atoms with van der Waals surface area (Å²) in [7, 11) is 0. The number of nitrogens with one attached hydrogen (secondary N) is 1. The summed E-state index contributed by atoms with van der Waals surface area (Å²) in [4.78, 5) is 39.9. The normalized spacial score (nSPS) is 14.9. The molecule has 1 aliphatic heterocycles. The van der Waals surface area contributed by atoms with Crippen LogP contribution in [0.3, 0.4) is 0 Å². The molecule has 0 unspecified atom stereocenters. The van der Waals surface area contributed by atoms with E-state index in [4.69, 9.17) is 4.74 Å². The Kier molecular flexibility index (Phi) is 5.23. The summed E-state index contributed by atoms with van der Waals surface area (Å²) in [5.74, 6) is -1.34. The van der Waals surface area contributed by atoms with Gasteiger partial charge < -0.3 is 10.1 Å². The van der Waals surface area contributed by atoms with Gasteiger partial charge in [-0.2, -0.15) is 0 Å². The molecule has 0 bridgehead atoms. The Balaban J connectivity index is 1.76. The monoisotopic (exact) mass is 384 g/mol. The van der Waals surface area contributed by atoms with Crippen molar-refractivity contribution in [3.8, 4) is 0 Å². The van der Waals surface area contributed by atoms with Crippen LogP contribution in [0.4, 0.5) is 11.4 Å². The second kappa shape index (κ2) is 7.44. The summed E-state index contributed by atoms with van der Waals surface area (Å²) >= 11 is 1.57. The minimum Gasteiger partial charge on any atom is -0.452 e. The number of ether oxygens (including phenoxy) is 1. The molecule has 2 aromatic carbocycles. The molecule has 0 fully saturated rings. The average Bonchev–Trinajstić information content (AvgIpc) is 2.66. The van der Waals surface area contributed by atoms with Crippen molar-refractivity contribution in [2.45, 2.75) is 24.3 Å². The van der Waals surface area contributed by atoms with E-state index in [-0.39, 0.29) is 5.91 Å². The summed E-state index contributed by atoms with van der Waals surface area (Å²) in [6, 6.07) is 14.0. The first-order valence-electron chi connectivity index (χ1n) is 8.39. The molecule has 0 saturated carbocycles. The number of rotatable bonds is 4. The zero-order valence-corrected chi connectivity index (χ0v) is 16.1. The molecule has 1 N–H and O–H groups in total. The number of benzene rings is 2. The Labute approximate surface area is 161 Å². The molecule has 140 valence electrons. The predicted octanol–water partition coefficient (Wildman–Crippen LogP) is 3.33. The first-order valence-corrected chi connectivity index (χ1v) is 9.62. The molecule has 27 heavy (non-hydrogen) atoms. The molecule has 6 nitrogen and oxygen atoms in total. The van der Waals surface area contributed by atoms with E-state index >= 15 is 0 Å². The molecule has 0 atom stereocenters. The van der Waals surface area contributed by atoms with Crippen molar-refractivity contribution in [1.29, 1.82) is 0 Å². The highest BCUT2D eigenvalue weighted by atomic mass is 32.2. The molecule has 1 heterocycles. The van der Waals surface area contributed by atoms with Crippen molar-refractivity contribution in [3.05, 3.63) is 54.1 Å². The van der Waals surface area contributed by atoms with E-state index < -0.39 is 24.0 Å². The van der Waals surface area contributed by atoms with Gasteiger partial charge in [-0.25, -0.2) is 4.79 Å². The van der Waals surface area contributed by atoms with E-state index in [1.807, 2.05) is 18.4 Å². The SMILES string of the molecule is CSc1ccc(C(=O)OCC(=O)N2c3ccccc3NC(=O)C2(C)C)cc1. The minimum absolute atomic E-state index is 0.298. The number of para-hydroxylation sites is 2. The Bertz CT molecular complexity index is 893. The molecule has 0 aromatic heterocycles. The second-order valence-electron chi connectivity index (χ2n) is 6.56. The van der Waals surface area contributed by atoms with Crippen LogP contribution in [-0.2, 0) is 14.3 Å². The fourth-order valence-electron chi connectivity index (χ4n) is 2.90. The molecule has 2 amide bonds. The number of fused-ring (bicyclic) bond motifs is 1. The molecule has 0 spiro atoms. The summed E-state index contributed by atoms with van der Waals surface area (Å²) in [6.45, 7) is 2.85. The Morgan fingerprint density at radius 2 is 1.78 bits per heavy atom. The van der Waals surface area contributed by atoms with E-state index in [0.29, 0.717) is 16.9 Å². The van der Waals surface area contributed by atoms with Crippen LogP contribution in [0.25, 0.3) is 0 Å². The van der Waals surface area contributed by atoms with Crippen molar-refractivity contribution >= 4 is 40.9 Å². The number of carbonyl (C=O) groups excluding carboxylic acids is 3. The number of esters is 1. The van der Waals surface area contributed by atoms with Gasteiger partial charge in [0, 0.05) is 4.90 Å². The fourth-order valence-corrected chi connectivity index (χ4v) is 3.31. The number of nitrogens with zero attached hydrogens (tertiary/aromatic N) is 1. The molecular formula is C20H20N2O4S. The molecule has 0 radical (unpaired) electrons. The van der Waals surface area contributed by atoms with Crippen molar-refractivity contribution in [3.63, 3.8) is 0 Å². The molecular weight excluding hydrogens is 364 g/mol. The lowest BCUT2D eigenvalue weighted by Crippen LogP contribution is -2.59. The van der Waals surface area contributed by atoms with Gasteiger partial charge in [0.05, 0.1) is 16.9 Å². The fraction of sp³-hybridized carbons (Fsp3) is 0.250. The van der Waals surface area contributed by atoms with Crippen LogP contribution in [0.5, 0.6) is 0 Å². The maximum absolute atomic E-state index is 12.8. The van der Waals surface area contributed by atoms with Crippen LogP contribution in [0.15, 0.2) is 53.4 Å². The number of amides is 2. The van der Waals surface area contributed by atoms with Gasteiger partial charge in [0.1, 0.15) is 5.54 Å². The topological polar surface area (TPSA) is 75.7 Å². The number of anilines is 2. The second-order valence-corrected chi connectivity index (χ2v) is 7.44. The van der Waals surface area contributed by atoms with Gasteiger partial charge in [-0.3, -0.25) is 14.5 Å². The molecule has 1 aliphatic rings. The Morgan fingerprint density at radius 3 is 2.44 bits per heavy atom. The molecule has 0 aliphatic carbocycles. The van der Waals surface area contributed by atoms with Crippen molar-refractivity contribution in [2.75, 3.05) is 23.1 Å². The van der Waals surface area contributed by atoms with Gasteiger partial charge in [0.2, 0.25) is 5.91 Å². The van der Waals surface area contributed by atoms with Crippen LogP contribution in [0, 0.1) is 0 Å². The molecule has 7 heteroatoms. The first kappa shape index (κ1) is 19.0. The maximum atomic E-state index is 12.8. The van der Waals surface area contributed by atoms with Crippen LogP contribution in [-0.4, -0.2) is 36.2 Å². The summed E-state index contributed by atoms with van der Waals surface area (Å²) < 4.78 is 5.19. The lowest BCUT2D eigenvalue weighted by Gasteiger charge is -2.41. The number of hydrogen-bond acceptors (Lipinski definition) is 5. The van der Waals surface area contributed by atoms with Gasteiger partial charge in [-0.1, -0.05) is 12.1 Å². The van der Waals surface area contributed by atoms with Crippen LogP contribution in [0.2, 0.25) is 0 Å². The highest BCUT2D eigenvalue weighted by Gasteiger charge is 2.43. The zero-order chi connectivity index (χ0) is 19.6. The summed E-state index contributed by atoms with van der Waals surface area (Å²) in [5.41, 5.74) is 0.399. The smallest absolute Gasteiger partial charge is 0.338 e. The van der Waals surface area contributed by atoms with Crippen molar-refractivity contribution in [1.82, 2.24) is 0 Å². The van der Waals surface area contributed by atoms with Gasteiger partial charge in [-0.05, 0) is 56.5 Å². The Morgan fingerprint density at radius 1 is 1.11 bits per heavy atom. The molecule has 0 saturated heterocycles. The van der Waals surface area contributed by atoms with Gasteiger partial charge in [0.15, 0.2) is 6.61 Å². The van der Waals surface area contributed by atoms with E-state index in [2.05, 4.69) is 5.32 Å². The maximum Gasteiger partial charge on any atom is 0.338 e. The number of hydrogen-bond donors (Lipinski definition) is 1. The lowest BCUT2D eigenvalue weighted by atomic mass is 9.96. The summed E-state index contributed by atoms with van der Waals surface area (Å²) in [5, 5.41) is 2.79. The zero-order valence-electron chi connectivity index (χ0n) is 15.3. The lowest BCUT2D eigenvalue weighted by molar-refractivity contribution is -0.128. The minimum atomic E-state index is -1.10. The average molecular weight is 384 g/mol. The quantitative estimate of drug-likeness (QED) is 0.646. The van der Waals surface area contributed by atoms with Crippen LogP contribution < -0.4 is 10.2 Å². The van der Waals surface area contributed by atoms with Gasteiger partial charge in [-0.15, -0.1) is 11.8 Å². The largest absolute Gasteiger partial charge is 0.452 e. The predicted molar refractivity (Wildman–Crippen MR) is 105 cm³/mol.